The highest BCUT2D eigenvalue weighted by Gasteiger charge is 2.13. The molecule has 0 saturated heterocycles. The molecule has 122 valence electrons. The van der Waals surface area contributed by atoms with Gasteiger partial charge in [0.2, 0.25) is 11.8 Å². The fourth-order valence-corrected chi connectivity index (χ4v) is 2.56. The topological polar surface area (TPSA) is 68.0 Å². The van der Waals surface area contributed by atoms with Crippen LogP contribution in [0.15, 0.2) is 46.9 Å². The molecule has 1 amide bonds. The van der Waals surface area contributed by atoms with E-state index in [0.29, 0.717) is 22.4 Å². The monoisotopic (exact) mass is 361 g/mol. The van der Waals surface area contributed by atoms with Gasteiger partial charge in [-0.05, 0) is 37.3 Å². The molecule has 0 aliphatic heterocycles. The molecule has 24 heavy (non-hydrogen) atoms. The van der Waals surface area contributed by atoms with E-state index in [1.54, 1.807) is 12.1 Å². The number of amides is 1. The van der Waals surface area contributed by atoms with E-state index in [4.69, 9.17) is 27.6 Å². The maximum Gasteiger partial charge on any atom is 0.253 e. The van der Waals surface area contributed by atoms with Crippen molar-refractivity contribution >= 4 is 29.1 Å². The summed E-state index contributed by atoms with van der Waals surface area (Å²) in [5.74, 6) is 0.375. The van der Waals surface area contributed by atoms with Gasteiger partial charge in [0, 0.05) is 10.6 Å². The molecule has 3 aromatic rings. The van der Waals surface area contributed by atoms with Gasteiger partial charge in [-0.25, -0.2) is 0 Å². The predicted molar refractivity (Wildman–Crippen MR) is 92.1 cm³/mol. The Morgan fingerprint density at radius 1 is 1.12 bits per heavy atom. The van der Waals surface area contributed by atoms with Crippen LogP contribution in [0.4, 0.5) is 0 Å². The molecule has 1 N–H and O–H groups in total. The number of rotatable bonds is 4. The minimum absolute atomic E-state index is 0.108. The number of nitrogens with zero attached hydrogens (tertiary/aromatic N) is 2. The van der Waals surface area contributed by atoms with Gasteiger partial charge in [-0.15, -0.1) is 10.2 Å². The second kappa shape index (κ2) is 7.03. The first-order valence-corrected chi connectivity index (χ1v) is 7.91. The van der Waals surface area contributed by atoms with Crippen LogP contribution in [0.3, 0.4) is 0 Å². The Balaban J connectivity index is 1.67. The highest BCUT2D eigenvalue weighted by atomic mass is 35.5. The summed E-state index contributed by atoms with van der Waals surface area (Å²) in [5.41, 5.74) is 2.30. The molecule has 0 aliphatic rings. The summed E-state index contributed by atoms with van der Waals surface area (Å²) in [6.07, 6.45) is 0. The van der Waals surface area contributed by atoms with E-state index in [9.17, 15) is 4.79 Å². The predicted octanol–water partition coefficient (Wildman–Crippen LogP) is 4.28. The van der Waals surface area contributed by atoms with E-state index in [0.717, 1.165) is 11.1 Å². The van der Waals surface area contributed by atoms with Crippen LogP contribution in [0.2, 0.25) is 10.0 Å². The van der Waals surface area contributed by atoms with Crippen LogP contribution < -0.4 is 5.32 Å². The van der Waals surface area contributed by atoms with Gasteiger partial charge in [0.25, 0.3) is 5.91 Å². The summed E-state index contributed by atoms with van der Waals surface area (Å²) in [5, 5.41) is 11.4. The minimum atomic E-state index is -0.341. The van der Waals surface area contributed by atoms with Crippen molar-refractivity contribution in [1.29, 1.82) is 0 Å². The fraction of sp³-hybridized carbons (Fsp3) is 0.118. The zero-order valence-electron chi connectivity index (χ0n) is 12.7. The number of aryl methyl sites for hydroxylation is 1. The van der Waals surface area contributed by atoms with Crippen LogP contribution in [-0.4, -0.2) is 16.1 Å². The van der Waals surface area contributed by atoms with E-state index in [1.807, 2.05) is 31.2 Å². The number of benzene rings is 2. The summed E-state index contributed by atoms with van der Waals surface area (Å²) < 4.78 is 5.55. The zero-order chi connectivity index (χ0) is 17.1. The van der Waals surface area contributed by atoms with Crippen molar-refractivity contribution in [2.45, 2.75) is 13.5 Å². The summed E-state index contributed by atoms with van der Waals surface area (Å²) >= 11 is 11.8. The molecular formula is C17H13Cl2N3O2. The van der Waals surface area contributed by atoms with Gasteiger partial charge in [-0.3, -0.25) is 4.79 Å². The molecule has 3 rings (SSSR count). The number of carbonyl (C=O) groups is 1. The van der Waals surface area contributed by atoms with Crippen molar-refractivity contribution in [1.82, 2.24) is 15.5 Å². The lowest BCUT2D eigenvalue weighted by Crippen LogP contribution is -2.23. The molecule has 1 heterocycles. The molecule has 0 fully saturated rings. The molecule has 0 aliphatic carbocycles. The molecule has 0 radical (unpaired) electrons. The van der Waals surface area contributed by atoms with Crippen molar-refractivity contribution in [3.05, 3.63) is 69.5 Å². The van der Waals surface area contributed by atoms with Crippen LogP contribution >= 0.6 is 23.2 Å². The maximum absolute atomic E-state index is 12.1. The van der Waals surface area contributed by atoms with Crippen LogP contribution in [0.5, 0.6) is 0 Å². The second-order valence-electron chi connectivity index (χ2n) is 5.17. The number of nitrogens with one attached hydrogen (secondary N) is 1. The average molecular weight is 362 g/mol. The Kier molecular flexibility index (Phi) is 4.83. The molecule has 0 saturated carbocycles. The molecule has 2 aromatic carbocycles. The van der Waals surface area contributed by atoms with Gasteiger partial charge in [-0.1, -0.05) is 40.9 Å². The van der Waals surface area contributed by atoms with Gasteiger partial charge >= 0.3 is 0 Å². The first-order chi connectivity index (χ1) is 11.5. The summed E-state index contributed by atoms with van der Waals surface area (Å²) in [7, 11) is 0. The molecule has 7 heteroatoms. The smallest absolute Gasteiger partial charge is 0.253 e. The third-order valence-corrected chi connectivity index (χ3v) is 3.89. The van der Waals surface area contributed by atoms with Crippen LogP contribution in [0.1, 0.15) is 21.8 Å². The molecule has 0 bridgehead atoms. The maximum atomic E-state index is 12.1. The summed E-state index contributed by atoms with van der Waals surface area (Å²) in [4.78, 5) is 12.1. The number of halogens is 2. The Bertz CT molecular complexity index is 876. The van der Waals surface area contributed by atoms with E-state index in [1.165, 1.54) is 6.07 Å². The van der Waals surface area contributed by atoms with Crippen molar-refractivity contribution in [2.24, 2.45) is 0 Å². The Morgan fingerprint density at radius 2 is 1.88 bits per heavy atom. The van der Waals surface area contributed by atoms with Gasteiger partial charge in [0.05, 0.1) is 17.1 Å². The van der Waals surface area contributed by atoms with Gasteiger partial charge < -0.3 is 9.73 Å². The van der Waals surface area contributed by atoms with E-state index in [2.05, 4.69) is 15.5 Å². The summed E-state index contributed by atoms with van der Waals surface area (Å²) in [6.45, 7) is 2.11. The van der Waals surface area contributed by atoms with Crippen molar-refractivity contribution in [2.75, 3.05) is 0 Å². The lowest BCUT2D eigenvalue weighted by atomic mass is 10.1. The van der Waals surface area contributed by atoms with E-state index >= 15 is 0 Å². The molecule has 0 unspecified atom stereocenters. The molecule has 1 aromatic heterocycles. The van der Waals surface area contributed by atoms with E-state index in [-0.39, 0.29) is 17.5 Å². The average Bonchev–Trinajstić information content (AvgIpc) is 3.02. The number of carbonyl (C=O) groups excluding carboxylic acids is 1. The van der Waals surface area contributed by atoms with E-state index < -0.39 is 0 Å². The molecule has 0 atom stereocenters. The Labute approximate surface area is 148 Å². The number of hydrogen-bond donors (Lipinski definition) is 1. The number of aromatic nitrogens is 2. The highest BCUT2D eigenvalue weighted by molar-refractivity contribution is 6.36. The second-order valence-corrected chi connectivity index (χ2v) is 6.02. The van der Waals surface area contributed by atoms with Crippen LogP contribution in [-0.2, 0) is 6.54 Å². The van der Waals surface area contributed by atoms with Gasteiger partial charge in [-0.2, -0.15) is 0 Å². The highest BCUT2D eigenvalue weighted by Crippen LogP contribution is 2.21. The fourth-order valence-electron chi connectivity index (χ4n) is 2.06. The third kappa shape index (κ3) is 3.75. The lowest BCUT2D eigenvalue weighted by Gasteiger charge is -2.04. The first-order valence-electron chi connectivity index (χ1n) is 7.15. The van der Waals surface area contributed by atoms with Crippen molar-refractivity contribution < 1.29 is 9.21 Å². The normalized spacial score (nSPS) is 10.6. The van der Waals surface area contributed by atoms with Crippen molar-refractivity contribution in [3.8, 4) is 11.5 Å². The van der Waals surface area contributed by atoms with Crippen molar-refractivity contribution in [3.63, 3.8) is 0 Å². The molecular weight excluding hydrogens is 349 g/mol. The Morgan fingerprint density at radius 3 is 2.58 bits per heavy atom. The first kappa shape index (κ1) is 16.5. The zero-order valence-corrected chi connectivity index (χ0v) is 14.2. The SMILES string of the molecule is Cc1ccc(-c2nnc(CNC(=O)c3ccc(Cl)cc3Cl)o2)cc1. The van der Waals surface area contributed by atoms with Crippen LogP contribution in [0, 0.1) is 6.92 Å². The minimum Gasteiger partial charge on any atom is -0.419 e. The number of hydrogen-bond acceptors (Lipinski definition) is 4. The third-order valence-electron chi connectivity index (χ3n) is 3.34. The largest absolute Gasteiger partial charge is 0.419 e. The molecule has 5 nitrogen and oxygen atoms in total. The summed E-state index contributed by atoms with van der Waals surface area (Å²) in [6, 6.07) is 12.4. The van der Waals surface area contributed by atoms with Crippen LogP contribution in [0.25, 0.3) is 11.5 Å². The van der Waals surface area contributed by atoms with Gasteiger partial charge in [0.15, 0.2) is 0 Å². The van der Waals surface area contributed by atoms with Gasteiger partial charge in [0.1, 0.15) is 0 Å². The Hall–Kier alpha value is -2.37. The molecule has 0 spiro atoms. The lowest BCUT2D eigenvalue weighted by molar-refractivity contribution is 0.0947. The quantitative estimate of drug-likeness (QED) is 0.752. The standard InChI is InChI=1S/C17H13Cl2N3O2/c1-10-2-4-11(5-3-10)17-22-21-15(24-17)9-20-16(23)13-7-6-12(18)8-14(13)19/h2-8H,9H2,1H3,(H,20,23).